The third-order valence-corrected chi connectivity index (χ3v) is 3.17. The van der Waals surface area contributed by atoms with E-state index in [9.17, 15) is 4.79 Å². The van der Waals surface area contributed by atoms with Crippen LogP contribution in [0.1, 0.15) is 13.8 Å². The number of hydrogen-bond acceptors (Lipinski definition) is 3. The van der Waals surface area contributed by atoms with Crippen LogP contribution in [0.25, 0.3) is 0 Å². The van der Waals surface area contributed by atoms with Crippen LogP contribution in [-0.2, 0) is 4.79 Å². The molecular weight excluding hydrogens is 287 g/mol. The third kappa shape index (κ3) is 5.37. The molecule has 0 aliphatic heterocycles. The fraction of sp³-hybridized carbons (Fsp3) is 0.462. The average Bonchev–Trinajstić information content (AvgIpc) is 2.34. The zero-order valence-corrected chi connectivity index (χ0v) is 12.5. The number of para-hydroxylation sites is 1. The summed E-state index contributed by atoms with van der Waals surface area (Å²) >= 11 is 11.9. The summed E-state index contributed by atoms with van der Waals surface area (Å²) in [6, 6.07) is 5.03. The van der Waals surface area contributed by atoms with Crippen LogP contribution in [0.2, 0.25) is 10.0 Å². The van der Waals surface area contributed by atoms with E-state index in [1.807, 2.05) is 13.8 Å². The molecule has 0 aliphatic rings. The standard InChI is InChI=1S/C13H18Cl2N2O2/c1-13(2,8-18)7-16-6-11(19)17-12-9(14)4-3-5-10(12)15/h3-5,16,18H,6-8H2,1-2H3,(H,17,19). The number of carbonyl (C=O) groups is 1. The summed E-state index contributed by atoms with van der Waals surface area (Å²) < 4.78 is 0. The smallest absolute Gasteiger partial charge is 0.238 e. The number of anilines is 1. The van der Waals surface area contributed by atoms with Gasteiger partial charge < -0.3 is 15.7 Å². The van der Waals surface area contributed by atoms with E-state index in [1.54, 1.807) is 18.2 Å². The number of nitrogens with one attached hydrogen (secondary N) is 2. The summed E-state index contributed by atoms with van der Waals surface area (Å²) in [5, 5.41) is 15.5. The Labute approximate surface area is 123 Å². The Balaban J connectivity index is 2.48. The van der Waals surface area contributed by atoms with Crippen molar-refractivity contribution in [1.82, 2.24) is 5.32 Å². The van der Waals surface area contributed by atoms with Crippen molar-refractivity contribution in [1.29, 1.82) is 0 Å². The zero-order valence-electron chi connectivity index (χ0n) is 11.0. The molecule has 1 amide bonds. The predicted molar refractivity (Wildman–Crippen MR) is 78.8 cm³/mol. The lowest BCUT2D eigenvalue weighted by molar-refractivity contribution is -0.115. The van der Waals surface area contributed by atoms with Crippen LogP contribution in [0.15, 0.2) is 18.2 Å². The van der Waals surface area contributed by atoms with E-state index < -0.39 is 0 Å². The van der Waals surface area contributed by atoms with E-state index in [2.05, 4.69) is 10.6 Å². The highest BCUT2D eigenvalue weighted by Crippen LogP contribution is 2.29. The fourth-order valence-corrected chi connectivity index (χ4v) is 1.86. The number of aliphatic hydroxyl groups excluding tert-OH is 1. The highest BCUT2D eigenvalue weighted by atomic mass is 35.5. The van der Waals surface area contributed by atoms with E-state index in [0.717, 1.165) is 0 Å². The van der Waals surface area contributed by atoms with Gasteiger partial charge in [-0.25, -0.2) is 0 Å². The number of rotatable bonds is 6. The molecule has 0 bridgehead atoms. The Morgan fingerprint density at radius 3 is 2.42 bits per heavy atom. The molecule has 19 heavy (non-hydrogen) atoms. The van der Waals surface area contributed by atoms with Gasteiger partial charge in [0.15, 0.2) is 0 Å². The summed E-state index contributed by atoms with van der Waals surface area (Å²) in [4.78, 5) is 11.7. The van der Waals surface area contributed by atoms with Crippen LogP contribution in [0.5, 0.6) is 0 Å². The molecule has 1 aromatic rings. The number of amides is 1. The van der Waals surface area contributed by atoms with Gasteiger partial charge in [0.1, 0.15) is 0 Å². The Morgan fingerprint density at radius 1 is 1.32 bits per heavy atom. The maximum Gasteiger partial charge on any atom is 0.238 e. The second-order valence-corrected chi connectivity index (χ2v) is 5.89. The minimum absolute atomic E-state index is 0.0535. The van der Waals surface area contributed by atoms with Crippen molar-refractivity contribution in [3.63, 3.8) is 0 Å². The van der Waals surface area contributed by atoms with E-state index in [4.69, 9.17) is 28.3 Å². The van der Waals surface area contributed by atoms with Gasteiger partial charge in [0.25, 0.3) is 0 Å². The number of hydrogen-bond donors (Lipinski definition) is 3. The SMILES string of the molecule is CC(C)(CO)CNCC(=O)Nc1c(Cl)cccc1Cl. The highest BCUT2D eigenvalue weighted by molar-refractivity contribution is 6.39. The lowest BCUT2D eigenvalue weighted by Crippen LogP contribution is -2.37. The van der Waals surface area contributed by atoms with Crippen molar-refractivity contribution in [3.8, 4) is 0 Å². The summed E-state index contributed by atoms with van der Waals surface area (Å²) in [5.41, 5.74) is 0.154. The molecule has 1 aromatic carbocycles. The van der Waals surface area contributed by atoms with Gasteiger partial charge in [0.05, 0.1) is 22.3 Å². The summed E-state index contributed by atoms with van der Waals surface area (Å²) in [6.45, 7) is 4.53. The molecule has 0 radical (unpaired) electrons. The maximum absolute atomic E-state index is 11.7. The molecule has 0 fully saturated rings. The van der Waals surface area contributed by atoms with Gasteiger partial charge >= 0.3 is 0 Å². The van der Waals surface area contributed by atoms with Gasteiger partial charge in [-0.05, 0) is 12.1 Å². The molecule has 0 saturated heterocycles. The Morgan fingerprint density at radius 2 is 1.89 bits per heavy atom. The Hall–Kier alpha value is -0.810. The van der Waals surface area contributed by atoms with Gasteiger partial charge in [-0.1, -0.05) is 43.1 Å². The molecule has 0 atom stereocenters. The first kappa shape index (κ1) is 16.2. The first-order valence-electron chi connectivity index (χ1n) is 5.91. The quantitative estimate of drug-likeness (QED) is 0.757. The molecule has 3 N–H and O–H groups in total. The molecule has 0 unspecified atom stereocenters. The van der Waals surface area contributed by atoms with Gasteiger partial charge in [0, 0.05) is 18.6 Å². The van der Waals surface area contributed by atoms with Crippen molar-refractivity contribution in [2.24, 2.45) is 5.41 Å². The van der Waals surface area contributed by atoms with Crippen LogP contribution in [-0.4, -0.2) is 30.7 Å². The molecule has 4 nitrogen and oxygen atoms in total. The van der Waals surface area contributed by atoms with Gasteiger partial charge in [-0.2, -0.15) is 0 Å². The van der Waals surface area contributed by atoms with Crippen LogP contribution in [0, 0.1) is 5.41 Å². The number of halogens is 2. The molecule has 0 spiro atoms. The van der Waals surface area contributed by atoms with Gasteiger partial charge in [-0.3, -0.25) is 4.79 Å². The first-order valence-corrected chi connectivity index (χ1v) is 6.67. The van der Waals surface area contributed by atoms with Crippen molar-refractivity contribution in [2.75, 3.05) is 25.0 Å². The summed E-state index contributed by atoms with van der Waals surface area (Å²) in [6.07, 6.45) is 0. The van der Waals surface area contributed by atoms with Crippen LogP contribution in [0.3, 0.4) is 0 Å². The Bertz CT molecular complexity index is 430. The normalized spacial score (nSPS) is 11.4. The maximum atomic E-state index is 11.7. The second-order valence-electron chi connectivity index (χ2n) is 5.07. The van der Waals surface area contributed by atoms with Crippen molar-refractivity contribution in [2.45, 2.75) is 13.8 Å². The van der Waals surface area contributed by atoms with Crippen molar-refractivity contribution >= 4 is 34.8 Å². The Kier molecular flexibility index (Phi) is 6.07. The van der Waals surface area contributed by atoms with E-state index in [0.29, 0.717) is 22.3 Å². The van der Waals surface area contributed by atoms with Crippen LogP contribution < -0.4 is 10.6 Å². The first-order chi connectivity index (χ1) is 8.85. The van der Waals surface area contributed by atoms with Crippen LogP contribution >= 0.6 is 23.2 Å². The minimum Gasteiger partial charge on any atom is -0.396 e. The van der Waals surface area contributed by atoms with E-state index >= 15 is 0 Å². The highest BCUT2D eigenvalue weighted by Gasteiger charge is 2.16. The third-order valence-electron chi connectivity index (χ3n) is 2.54. The molecule has 0 heterocycles. The number of benzene rings is 1. The molecule has 6 heteroatoms. The van der Waals surface area contributed by atoms with Crippen molar-refractivity contribution in [3.05, 3.63) is 28.2 Å². The average molecular weight is 305 g/mol. The lowest BCUT2D eigenvalue weighted by atomic mass is 9.95. The lowest BCUT2D eigenvalue weighted by Gasteiger charge is -2.21. The monoisotopic (exact) mass is 304 g/mol. The minimum atomic E-state index is -0.262. The summed E-state index contributed by atoms with van der Waals surface area (Å²) in [5.74, 6) is -0.233. The molecule has 0 aliphatic carbocycles. The topological polar surface area (TPSA) is 61.4 Å². The van der Waals surface area contributed by atoms with Gasteiger partial charge in [0.2, 0.25) is 5.91 Å². The molecular formula is C13H18Cl2N2O2. The molecule has 106 valence electrons. The van der Waals surface area contributed by atoms with Crippen LogP contribution in [0.4, 0.5) is 5.69 Å². The van der Waals surface area contributed by atoms with Gasteiger partial charge in [-0.15, -0.1) is 0 Å². The number of carbonyl (C=O) groups excluding carboxylic acids is 1. The van der Waals surface area contributed by atoms with E-state index in [-0.39, 0.29) is 24.5 Å². The fourth-order valence-electron chi connectivity index (χ4n) is 1.37. The second kappa shape index (κ2) is 7.10. The molecule has 0 saturated carbocycles. The zero-order chi connectivity index (χ0) is 14.5. The van der Waals surface area contributed by atoms with E-state index in [1.165, 1.54) is 0 Å². The van der Waals surface area contributed by atoms with Crippen molar-refractivity contribution < 1.29 is 9.90 Å². The largest absolute Gasteiger partial charge is 0.396 e. The summed E-state index contributed by atoms with van der Waals surface area (Å²) in [7, 11) is 0. The predicted octanol–water partition coefficient (Wildman–Crippen LogP) is 2.54. The molecule has 0 aromatic heterocycles. The molecule has 1 rings (SSSR count). The number of aliphatic hydroxyl groups is 1.